The fraction of sp³-hybridized carbons (Fsp3) is 0.481. The van der Waals surface area contributed by atoms with Crippen molar-refractivity contribution < 1.29 is 22.3 Å². The Morgan fingerprint density at radius 2 is 1.44 bits per heavy atom. The van der Waals surface area contributed by atoms with E-state index < -0.39 is 29.4 Å². The van der Waals surface area contributed by atoms with E-state index in [9.17, 15) is 8.78 Å². The lowest BCUT2D eigenvalue weighted by Crippen LogP contribution is -2.13. The van der Waals surface area contributed by atoms with Gasteiger partial charge >= 0.3 is 0 Å². The first kappa shape index (κ1) is 21.7. The minimum Gasteiger partial charge on any atom is -0.368 e. The molecule has 1 saturated heterocycles. The van der Waals surface area contributed by atoms with Crippen molar-refractivity contribution in [2.45, 2.75) is 57.5 Å². The summed E-state index contributed by atoms with van der Waals surface area (Å²) >= 11 is 0. The minimum atomic E-state index is -1.16. The molecule has 0 aromatic heterocycles. The van der Waals surface area contributed by atoms with Crippen LogP contribution in [0.1, 0.15) is 68.6 Å². The molecule has 2 saturated carbocycles. The fourth-order valence-corrected chi connectivity index (χ4v) is 6.25. The Labute approximate surface area is 186 Å². The first-order valence-electron chi connectivity index (χ1n) is 11.7. The Bertz CT molecular complexity index is 1040. The van der Waals surface area contributed by atoms with E-state index in [0.717, 1.165) is 38.5 Å². The molecule has 1 nitrogen and oxygen atoms in total. The Morgan fingerprint density at radius 1 is 0.812 bits per heavy atom. The van der Waals surface area contributed by atoms with Gasteiger partial charge in [0.05, 0.1) is 6.61 Å². The summed E-state index contributed by atoms with van der Waals surface area (Å²) in [7, 11) is 0. The molecule has 1 heterocycles. The van der Waals surface area contributed by atoms with Crippen LogP contribution in [0, 0.1) is 41.0 Å². The van der Waals surface area contributed by atoms with Crippen molar-refractivity contribution in [2.24, 2.45) is 17.8 Å². The van der Waals surface area contributed by atoms with Gasteiger partial charge in [0.25, 0.3) is 0 Å². The maximum absolute atomic E-state index is 15.2. The summed E-state index contributed by atoms with van der Waals surface area (Å²) in [6.45, 7) is 2.37. The van der Waals surface area contributed by atoms with E-state index in [1.54, 1.807) is 6.07 Å². The summed E-state index contributed by atoms with van der Waals surface area (Å²) in [6.07, 6.45) is 10.1. The van der Waals surface area contributed by atoms with E-state index in [1.807, 2.05) is 6.92 Å². The van der Waals surface area contributed by atoms with Crippen LogP contribution in [0.15, 0.2) is 36.4 Å². The molecule has 3 fully saturated rings. The third-order valence-electron chi connectivity index (χ3n) is 7.89. The quantitative estimate of drug-likeness (QED) is 0.251. The third-order valence-corrected chi connectivity index (χ3v) is 7.89. The highest BCUT2D eigenvalue weighted by atomic mass is 19.2. The average Bonchev–Trinajstić information content (AvgIpc) is 3.42. The van der Waals surface area contributed by atoms with Crippen molar-refractivity contribution in [2.75, 3.05) is 6.61 Å². The smallest absolute Gasteiger partial charge is 0.167 e. The van der Waals surface area contributed by atoms with Gasteiger partial charge in [-0.15, -0.1) is 0 Å². The predicted molar refractivity (Wildman–Crippen MR) is 116 cm³/mol. The molecule has 3 aliphatic rings. The lowest BCUT2D eigenvalue weighted by atomic mass is 9.83. The molecule has 5 heteroatoms. The zero-order valence-electron chi connectivity index (χ0n) is 18.2. The SMILES string of the molecule is C/C=C/CCC1CCC2C(c3ccc(-c4ccc(C5CO5)c(F)c4F)c(F)c3F)CCC12. The van der Waals surface area contributed by atoms with Gasteiger partial charge in [0, 0.05) is 16.7 Å². The third kappa shape index (κ3) is 3.68. The largest absolute Gasteiger partial charge is 0.368 e. The Hall–Kier alpha value is -2.14. The molecule has 1 aliphatic heterocycles. The number of benzene rings is 2. The second-order valence-corrected chi connectivity index (χ2v) is 9.48. The zero-order valence-corrected chi connectivity index (χ0v) is 18.2. The van der Waals surface area contributed by atoms with Gasteiger partial charge in [0.2, 0.25) is 0 Å². The average molecular weight is 445 g/mol. The molecule has 0 amide bonds. The zero-order chi connectivity index (χ0) is 22.4. The van der Waals surface area contributed by atoms with E-state index in [2.05, 4.69) is 12.2 Å². The molecule has 0 radical (unpaired) electrons. The summed E-state index contributed by atoms with van der Waals surface area (Å²) in [4.78, 5) is 0. The highest BCUT2D eigenvalue weighted by Gasteiger charge is 2.45. The van der Waals surface area contributed by atoms with E-state index in [0.29, 0.717) is 29.9 Å². The molecule has 2 aromatic rings. The minimum absolute atomic E-state index is 0.00811. The molecule has 5 unspecified atom stereocenters. The Kier molecular flexibility index (Phi) is 5.87. The molecular formula is C27H28F4O. The van der Waals surface area contributed by atoms with Crippen molar-refractivity contribution in [3.63, 3.8) is 0 Å². The number of halogens is 4. The summed E-state index contributed by atoms with van der Waals surface area (Å²) in [5.41, 5.74) is 0.00266. The summed E-state index contributed by atoms with van der Waals surface area (Å²) < 4.78 is 64.4. The second-order valence-electron chi connectivity index (χ2n) is 9.48. The van der Waals surface area contributed by atoms with Gasteiger partial charge in [0.1, 0.15) is 6.10 Å². The Balaban J connectivity index is 1.40. The van der Waals surface area contributed by atoms with Gasteiger partial charge in [-0.25, -0.2) is 17.6 Å². The van der Waals surface area contributed by atoms with Crippen LogP contribution in [-0.4, -0.2) is 6.61 Å². The van der Waals surface area contributed by atoms with Crippen LogP contribution >= 0.6 is 0 Å². The monoisotopic (exact) mass is 444 g/mol. The van der Waals surface area contributed by atoms with Crippen molar-refractivity contribution in [3.05, 3.63) is 70.8 Å². The van der Waals surface area contributed by atoms with Crippen molar-refractivity contribution in [3.8, 4) is 11.1 Å². The summed E-state index contributed by atoms with van der Waals surface area (Å²) in [5, 5.41) is 0. The standard InChI is InChI=1S/C27H28F4O/c1-2-3-4-5-15-6-7-17-16(15)8-9-18(17)19-10-11-20(25(29)24(19)28)21-12-13-22(23-14-32-23)27(31)26(21)30/h2-3,10-13,15-18,23H,4-9,14H2,1H3/b3-2+. The molecule has 170 valence electrons. The van der Waals surface area contributed by atoms with E-state index in [4.69, 9.17) is 4.74 Å². The van der Waals surface area contributed by atoms with E-state index in [1.165, 1.54) is 18.2 Å². The van der Waals surface area contributed by atoms with Gasteiger partial charge in [-0.3, -0.25) is 0 Å². The number of fused-ring (bicyclic) bond motifs is 1. The number of ether oxygens (including phenoxy) is 1. The van der Waals surface area contributed by atoms with E-state index >= 15 is 8.78 Å². The second kappa shape index (κ2) is 8.66. The normalized spacial score (nSPS) is 29.1. The molecule has 2 aliphatic carbocycles. The van der Waals surface area contributed by atoms with Crippen LogP contribution in [0.3, 0.4) is 0 Å². The molecule has 5 rings (SSSR count). The fourth-order valence-electron chi connectivity index (χ4n) is 6.25. The van der Waals surface area contributed by atoms with Crippen LogP contribution in [0.5, 0.6) is 0 Å². The summed E-state index contributed by atoms with van der Waals surface area (Å²) in [5.74, 6) is -2.64. The molecule has 0 bridgehead atoms. The maximum Gasteiger partial charge on any atom is 0.167 e. The lowest BCUT2D eigenvalue weighted by Gasteiger charge is -2.22. The topological polar surface area (TPSA) is 12.5 Å². The van der Waals surface area contributed by atoms with Crippen molar-refractivity contribution in [1.82, 2.24) is 0 Å². The summed E-state index contributed by atoms with van der Waals surface area (Å²) in [6, 6.07) is 5.70. The maximum atomic E-state index is 15.2. The number of hydrogen-bond acceptors (Lipinski definition) is 1. The highest BCUT2D eigenvalue weighted by molar-refractivity contribution is 5.66. The number of epoxide rings is 1. The van der Waals surface area contributed by atoms with Gasteiger partial charge in [-0.1, -0.05) is 36.4 Å². The Morgan fingerprint density at radius 3 is 2.09 bits per heavy atom. The number of rotatable bonds is 6. The first-order valence-corrected chi connectivity index (χ1v) is 11.7. The van der Waals surface area contributed by atoms with Crippen molar-refractivity contribution >= 4 is 0 Å². The first-order chi connectivity index (χ1) is 15.5. The van der Waals surface area contributed by atoms with Crippen molar-refractivity contribution in [1.29, 1.82) is 0 Å². The molecule has 2 aromatic carbocycles. The van der Waals surface area contributed by atoms with Crippen LogP contribution in [0.4, 0.5) is 17.6 Å². The lowest BCUT2D eigenvalue weighted by molar-refractivity contribution is 0.326. The predicted octanol–water partition coefficient (Wildman–Crippen LogP) is 7.86. The van der Waals surface area contributed by atoms with Gasteiger partial charge in [-0.2, -0.15) is 0 Å². The van der Waals surface area contributed by atoms with Crippen LogP contribution in [0.25, 0.3) is 11.1 Å². The van der Waals surface area contributed by atoms with E-state index in [-0.39, 0.29) is 22.6 Å². The number of allylic oxidation sites excluding steroid dienone is 2. The molecule has 5 atom stereocenters. The molecule has 0 N–H and O–H groups in total. The van der Waals surface area contributed by atoms with Gasteiger partial charge < -0.3 is 4.74 Å². The highest BCUT2D eigenvalue weighted by Crippen LogP contribution is 2.56. The van der Waals surface area contributed by atoms with Crippen LogP contribution in [-0.2, 0) is 4.74 Å². The van der Waals surface area contributed by atoms with Gasteiger partial charge in [0.15, 0.2) is 23.3 Å². The number of hydrogen-bond donors (Lipinski definition) is 0. The molecule has 32 heavy (non-hydrogen) atoms. The molecule has 0 spiro atoms. The van der Waals surface area contributed by atoms with Crippen LogP contribution < -0.4 is 0 Å². The molecular weight excluding hydrogens is 416 g/mol. The van der Waals surface area contributed by atoms with Gasteiger partial charge in [-0.05, 0) is 74.7 Å². The van der Waals surface area contributed by atoms with Crippen LogP contribution in [0.2, 0.25) is 0 Å².